The van der Waals surface area contributed by atoms with Crippen LogP contribution in [0.5, 0.6) is 0 Å². The number of rotatable bonds is 8. The van der Waals surface area contributed by atoms with Crippen LogP contribution in [0.4, 0.5) is 4.39 Å². The molecule has 3 N–H and O–H groups in total. The predicted molar refractivity (Wildman–Crippen MR) is 124 cm³/mol. The van der Waals surface area contributed by atoms with E-state index in [1.54, 1.807) is 32.3 Å². The third kappa shape index (κ3) is 6.77. The van der Waals surface area contributed by atoms with Crippen LogP contribution >= 0.6 is 0 Å². The van der Waals surface area contributed by atoms with Gasteiger partial charge in [0.25, 0.3) is 5.91 Å². The fraction of sp³-hybridized carbons (Fsp3) is 0.417. The smallest absolute Gasteiger partial charge is 0.251 e. The molecule has 2 aromatic rings. The van der Waals surface area contributed by atoms with E-state index in [0.29, 0.717) is 37.8 Å². The molecular formula is C24H32FN5O2. The van der Waals surface area contributed by atoms with Crippen LogP contribution in [-0.4, -0.2) is 70.3 Å². The highest BCUT2D eigenvalue weighted by atomic mass is 19.1. The van der Waals surface area contributed by atoms with Gasteiger partial charge in [0.15, 0.2) is 5.96 Å². The van der Waals surface area contributed by atoms with Crippen LogP contribution in [0.2, 0.25) is 0 Å². The summed E-state index contributed by atoms with van der Waals surface area (Å²) < 4.78 is 19.3. The molecule has 0 aliphatic carbocycles. The lowest BCUT2D eigenvalue weighted by atomic mass is 10.0. The Morgan fingerprint density at radius 2 is 1.94 bits per heavy atom. The molecule has 2 aromatic carbocycles. The molecule has 32 heavy (non-hydrogen) atoms. The minimum Gasteiger partial charge on any atom is -0.379 e. The first-order valence-corrected chi connectivity index (χ1v) is 10.9. The maximum atomic E-state index is 13.9. The Bertz CT molecular complexity index is 915. The van der Waals surface area contributed by atoms with E-state index < -0.39 is 0 Å². The molecule has 1 amide bonds. The second-order valence-corrected chi connectivity index (χ2v) is 7.63. The van der Waals surface area contributed by atoms with E-state index >= 15 is 0 Å². The molecule has 8 heteroatoms. The van der Waals surface area contributed by atoms with Crippen LogP contribution in [0.25, 0.3) is 0 Å². The number of amides is 1. The number of ether oxygens (including phenoxy) is 1. The maximum absolute atomic E-state index is 13.9. The molecule has 1 aliphatic rings. The van der Waals surface area contributed by atoms with E-state index in [-0.39, 0.29) is 17.8 Å². The van der Waals surface area contributed by atoms with Crippen molar-refractivity contribution in [3.63, 3.8) is 0 Å². The van der Waals surface area contributed by atoms with E-state index in [1.807, 2.05) is 24.3 Å². The first-order valence-electron chi connectivity index (χ1n) is 10.9. The van der Waals surface area contributed by atoms with Crippen LogP contribution in [0.1, 0.15) is 27.5 Å². The lowest BCUT2D eigenvalue weighted by Gasteiger charge is -2.35. The van der Waals surface area contributed by atoms with Gasteiger partial charge in [-0.25, -0.2) is 4.39 Å². The van der Waals surface area contributed by atoms with Gasteiger partial charge in [-0.2, -0.15) is 0 Å². The highest BCUT2D eigenvalue weighted by molar-refractivity contribution is 5.94. The van der Waals surface area contributed by atoms with Crippen molar-refractivity contribution in [1.82, 2.24) is 20.9 Å². The van der Waals surface area contributed by atoms with Gasteiger partial charge in [0.2, 0.25) is 0 Å². The van der Waals surface area contributed by atoms with Crippen LogP contribution in [0, 0.1) is 5.82 Å². The number of benzene rings is 2. The highest BCUT2D eigenvalue weighted by Gasteiger charge is 2.23. The number of nitrogens with one attached hydrogen (secondary N) is 3. The minimum absolute atomic E-state index is 0.0115. The van der Waals surface area contributed by atoms with Gasteiger partial charge in [-0.3, -0.25) is 14.7 Å². The van der Waals surface area contributed by atoms with Gasteiger partial charge >= 0.3 is 0 Å². The Morgan fingerprint density at radius 3 is 2.66 bits per heavy atom. The van der Waals surface area contributed by atoms with Gasteiger partial charge in [-0.1, -0.05) is 24.3 Å². The first-order chi connectivity index (χ1) is 15.6. The summed E-state index contributed by atoms with van der Waals surface area (Å²) in [4.78, 5) is 18.4. The van der Waals surface area contributed by atoms with Crippen molar-refractivity contribution in [3.05, 3.63) is 71.0 Å². The number of guanidine groups is 1. The normalized spacial score (nSPS) is 15.8. The van der Waals surface area contributed by atoms with E-state index in [1.165, 1.54) is 6.07 Å². The Balaban J connectivity index is 1.57. The summed E-state index contributed by atoms with van der Waals surface area (Å²) in [5.41, 5.74) is 2.65. The molecule has 1 aliphatic heterocycles. The molecule has 1 unspecified atom stereocenters. The lowest BCUT2D eigenvalue weighted by molar-refractivity contribution is 0.0169. The zero-order valence-corrected chi connectivity index (χ0v) is 18.7. The van der Waals surface area contributed by atoms with E-state index in [0.717, 1.165) is 30.6 Å². The largest absolute Gasteiger partial charge is 0.379 e. The number of hydrogen-bond acceptors (Lipinski definition) is 4. The van der Waals surface area contributed by atoms with Gasteiger partial charge < -0.3 is 20.7 Å². The SMILES string of the molecule is CN=C(NCCc1cccc(C(=O)NC)c1)NCC(c1cccc(F)c1)N1CCOCC1. The third-order valence-electron chi connectivity index (χ3n) is 5.53. The van der Waals surface area contributed by atoms with Gasteiger partial charge in [0, 0.05) is 45.8 Å². The van der Waals surface area contributed by atoms with Crippen LogP contribution < -0.4 is 16.0 Å². The number of carbonyl (C=O) groups excluding carboxylic acids is 1. The number of hydrogen-bond donors (Lipinski definition) is 3. The number of nitrogens with zero attached hydrogens (tertiary/aromatic N) is 2. The Labute approximate surface area is 189 Å². The molecule has 172 valence electrons. The first kappa shape index (κ1) is 23.7. The zero-order valence-electron chi connectivity index (χ0n) is 18.7. The third-order valence-corrected chi connectivity index (χ3v) is 5.53. The van der Waals surface area contributed by atoms with E-state index in [9.17, 15) is 9.18 Å². The van der Waals surface area contributed by atoms with Crippen molar-refractivity contribution in [2.75, 3.05) is 53.5 Å². The molecule has 3 rings (SSSR count). The molecular weight excluding hydrogens is 409 g/mol. The molecule has 0 spiro atoms. The Morgan fingerprint density at radius 1 is 1.16 bits per heavy atom. The van der Waals surface area contributed by atoms with Crippen molar-refractivity contribution in [2.24, 2.45) is 4.99 Å². The fourth-order valence-electron chi connectivity index (χ4n) is 3.81. The van der Waals surface area contributed by atoms with Crippen LogP contribution in [0.3, 0.4) is 0 Å². The Hall–Kier alpha value is -2.97. The van der Waals surface area contributed by atoms with Crippen molar-refractivity contribution in [1.29, 1.82) is 0 Å². The van der Waals surface area contributed by atoms with Crippen LogP contribution in [0.15, 0.2) is 53.5 Å². The predicted octanol–water partition coefficient (Wildman–Crippen LogP) is 1.97. The van der Waals surface area contributed by atoms with Gasteiger partial charge in [0.1, 0.15) is 5.82 Å². The molecule has 0 aromatic heterocycles. The molecule has 1 fully saturated rings. The summed E-state index contributed by atoms with van der Waals surface area (Å²) in [6.45, 7) is 4.21. The van der Waals surface area contributed by atoms with Crippen LogP contribution in [-0.2, 0) is 11.2 Å². The average Bonchev–Trinajstić information content (AvgIpc) is 2.83. The summed E-state index contributed by atoms with van der Waals surface area (Å²) >= 11 is 0. The topological polar surface area (TPSA) is 78.0 Å². The Kier molecular flexibility index (Phi) is 9.01. The number of morpholine rings is 1. The summed E-state index contributed by atoms with van der Waals surface area (Å²) in [5, 5.41) is 9.35. The maximum Gasteiger partial charge on any atom is 0.251 e. The average molecular weight is 442 g/mol. The molecule has 1 heterocycles. The highest BCUT2D eigenvalue weighted by Crippen LogP contribution is 2.22. The van der Waals surface area contributed by atoms with Crippen molar-refractivity contribution >= 4 is 11.9 Å². The molecule has 1 saturated heterocycles. The summed E-state index contributed by atoms with van der Waals surface area (Å²) in [6.07, 6.45) is 0.752. The lowest BCUT2D eigenvalue weighted by Crippen LogP contribution is -2.46. The molecule has 0 saturated carbocycles. The molecule has 0 radical (unpaired) electrons. The number of halogens is 1. The van der Waals surface area contributed by atoms with E-state index in [2.05, 4.69) is 25.8 Å². The fourth-order valence-corrected chi connectivity index (χ4v) is 3.81. The second-order valence-electron chi connectivity index (χ2n) is 7.63. The standard InChI is InChI=1S/C24H32FN5O2/c1-26-23(31)20-7-3-5-18(15-20)9-10-28-24(27-2)29-17-22(30-11-13-32-14-12-30)19-6-4-8-21(25)16-19/h3-8,15-16,22H,9-14,17H2,1-2H3,(H,26,31)(H2,27,28,29). The minimum atomic E-state index is -0.234. The summed E-state index contributed by atoms with van der Waals surface area (Å²) in [7, 11) is 3.35. The van der Waals surface area contributed by atoms with Crippen molar-refractivity contribution in [3.8, 4) is 0 Å². The van der Waals surface area contributed by atoms with Gasteiger partial charge in [-0.15, -0.1) is 0 Å². The summed E-state index contributed by atoms with van der Waals surface area (Å²) in [6, 6.07) is 14.4. The monoisotopic (exact) mass is 441 g/mol. The summed E-state index contributed by atoms with van der Waals surface area (Å²) in [5.74, 6) is 0.355. The van der Waals surface area contributed by atoms with Crippen molar-refractivity contribution < 1.29 is 13.9 Å². The number of carbonyl (C=O) groups is 1. The zero-order chi connectivity index (χ0) is 22.8. The van der Waals surface area contributed by atoms with Gasteiger partial charge in [-0.05, 0) is 41.8 Å². The molecule has 0 bridgehead atoms. The van der Waals surface area contributed by atoms with E-state index in [4.69, 9.17) is 4.74 Å². The second kappa shape index (κ2) is 12.2. The van der Waals surface area contributed by atoms with Gasteiger partial charge in [0.05, 0.1) is 19.3 Å². The quantitative estimate of drug-likeness (QED) is 0.431. The number of aliphatic imine (C=N–C) groups is 1. The van der Waals surface area contributed by atoms with Crippen molar-refractivity contribution in [2.45, 2.75) is 12.5 Å². The molecule has 1 atom stereocenters. The molecule has 7 nitrogen and oxygen atoms in total.